The van der Waals surface area contributed by atoms with E-state index in [0.717, 1.165) is 25.3 Å². The van der Waals surface area contributed by atoms with Crippen LogP contribution in [0.2, 0.25) is 0 Å². The summed E-state index contributed by atoms with van der Waals surface area (Å²) in [5, 5.41) is 0. The molecule has 0 aliphatic heterocycles. The summed E-state index contributed by atoms with van der Waals surface area (Å²) in [7, 11) is 1.96. The Morgan fingerprint density at radius 3 is 2.50 bits per heavy atom. The molecule has 0 aromatic heterocycles. The molecule has 0 unspecified atom stereocenters. The summed E-state index contributed by atoms with van der Waals surface area (Å²) in [6, 6.07) is 0. The van der Waals surface area contributed by atoms with Gasteiger partial charge in [0.2, 0.25) is 5.91 Å². The summed E-state index contributed by atoms with van der Waals surface area (Å²) in [5.41, 5.74) is 6.06. The number of rotatable bonds is 6. The highest BCUT2D eigenvalue weighted by molar-refractivity contribution is 5.76. The molecule has 2 aliphatic rings. The lowest BCUT2D eigenvalue weighted by Crippen LogP contribution is -2.39. The lowest BCUT2D eigenvalue weighted by Gasteiger charge is -2.36. The second-order valence-corrected chi connectivity index (χ2v) is 6.49. The maximum Gasteiger partial charge on any atom is 0.222 e. The van der Waals surface area contributed by atoms with Crippen molar-refractivity contribution in [2.75, 3.05) is 20.1 Å². The highest BCUT2D eigenvalue weighted by atomic mass is 16.2. The molecular formula is C15H28N2O. The van der Waals surface area contributed by atoms with Gasteiger partial charge < -0.3 is 10.6 Å². The molecule has 3 nitrogen and oxygen atoms in total. The van der Waals surface area contributed by atoms with Crippen molar-refractivity contribution in [1.82, 2.24) is 4.90 Å². The van der Waals surface area contributed by atoms with E-state index in [0.29, 0.717) is 18.9 Å². The standard InChI is InChI=1S/C15H28N2O/c1-17(10-7-13-5-6-13)14(18)11-15(12-16)8-3-2-4-9-15/h13H,2-12,16H2,1H3. The Bertz CT molecular complexity index is 280. The molecule has 0 heterocycles. The van der Waals surface area contributed by atoms with E-state index in [-0.39, 0.29) is 5.41 Å². The van der Waals surface area contributed by atoms with E-state index in [1.54, 1.807) is 0 Å². The molecule has 104 valence electrons. The van der Waals surface area contributed by atoms with Gasteiger partial charge in [0.1, 0.15) is 0 Å². The van der Waals surface area contributed by atoms with Gasteiger partial charge in [-0.2, -0.15) is 0 Å². The first-order chi connectivity index (χ1) is 8.65. The van der Waals surface area contributed by atoms with Gasteiger partial charge in [-0.15, -0.1) is 0 Å². The lowest BCUT2D eigenvalue weighted by molar-refractivity contribution is -0.133. The van der Waals surface area contributed by atoms with Crippen molar-refractivity contribution in [1.29, 1.82) is 0 Å². The SMILES string of the molecule is CN(CCC1CC1)C(=O)CC1(CN)CCCCC1. The minimum atomic E-state index is 0.114. The van der Waals surface area contributed by atoms with E-state index in [1.165, 1.54) is 38.5 Å². The van der Waals surface area contributed by atoms with Gasteiger partial charge in [-0.25, -0.2) is 0 Å². The van der Waals surface area contributed by atoms with Crippen LogP contribution in [0.25, 0.3) is 0 Å². The van der Waals surface area contributed by atoms with Crippen LogP contribution in [-0.2, 0) is 4.79 Å². The van der Waals surface area contributed by atoms with Crippen LogP contribution in [0.1, 0.15) is 57.8 Å². The largest absolute Gasteiger partial charge is 0.346 e. The zero-order chi connectivity index (χ0) is 13.0. The van der Waals surface area contributed by atoms with Crippen molar-refractivity contribution in [2.24, 2.45) is 17.1 Å². The van der Waals surface area contributed by atoms with Crippen LogP contribution in [0.4, 0.5) is 0 Å². The molecule has 2 saturated carbocycles. The van der Waals surface area contributed by atoms with Gasteiger partial charge in [0.25, 0.3) is 0 Å². The molecule has 2 aliphatic carbocycles. The molecule has 3 heteroatoms. The second kappa shape index (κ2) is 6.05. The Hall–Kier alpha value is -0.570. The quantitative estimate of drug-likeness (QED) is 0.789. The first-order valence-corrected chi connectivity index (χ1v) is 7.59. The minimum absolute atomic E-state index is 0.114. The third-order valence-electron chi connectivity index (χ3n) is 4.87. The van der Waals surface area contributed by atoms with Gasteiger partial charge in [-0.3, -0.25) is 4.79 Å². The summed E-state index contributed by atoms with van der Waals surface area (Å²) < 4.78 is 0. The topological polar surface area (TPSA) is 46.3 Å². The van der Waals surface area contributed by atoms with Crippen LogP contribution in [0.3, 0.4) is 0 Å². The van der Waals surface area contributed by atoms with Gasteiger partial charge in [-0.1, -0.05) is 32.1 Å². The molecule has 2 rings (SSSR count). The van der Waals surface area contributed by atoms with Gasteiger partial charge in [0.15, 0.2) is 0 Å². The summed E-state index contributed by atoms with van der Waals surface area (Å²) in [6.07, 6.45) is 10.7. The van der Waals surface area contributed by atoms with E-state index in [1.807, 2.05) is 11.9 Å². The number of nitrogens with two attached hydrogens (primary N) is 1. The summed E-state index contributed by atoms with van der Waals surface area (Å²) in [5.74, 6) is 1.21. The number of carbonyl (C=O) groups excluding carboxylic acids is 1. The normalized spacial score (nSPS) is 22.8. The number of nitrogens with zero attached hydrogens (tertiary/aromatic N) is 1. The maximum absolute atomic E-state index is 12.3. The molecule has 0 saturated heterocycles. The minimum Gasteiger partial charge on any atom is -0.346 e. The Kier molecular flexibility index (Phi) is 4.66. The third-order valence-corrected chi connectivity index (χ3v) is 4.87. The molecule has 0 bridgehead atoms. The number of hydrogen-bond donors (Lipinski definition) is 1. The molecule has 18 heavy (non-hydrogen) atoms. The average molecular weight is 252 g/mol. The fraction of sp³-hybridized carbons (Fsp3) is 0.933. The van der Waals surface area contributed by atoms with E-state index < -0.39 is 0 Å². The molecule has 0 radical (unpaired) electrons. The molecule has 0 aromatic rings. The predicted molar refractivity (Wildman–Crippen MR) is 74.2 cm³/mol. The van der Waals surface area contributed by atoms with E-state index in [4.69, 9.17) is 5.73 Å². The lowest BCUT2D eigenvalue weighted by atomic mass is 9.71. The smallest absolute Gasteiger partial charge is 0.222 e. The Balaban J connectivity index is 1.79. The first kappa shape index (κ1) is 13.9. The average Bonchev–Trinajstić information content (AvgIpc) is 3.21. The highest BCUT2D eigenvalue weighted by Gasteiger charge is 2.34. The Morgan fingerprint density at radius 1 is 1.28 bits per heavy atom. The van der Waals surface area contributed by atoms with E-state index >= 15 is 0 Å². The Labute approximate surface area is 111 Å². The van der Waals surface area contributed by atoms with Gasteiger partial charge in [0, 0.05) is 20.0 Å². The highest BCUT2D eigenvalue weighted by Crippen LogP contribution is 2.39. The van der Waals surface area contributed by atoms with Crippen molar-refractivity contribution in [3.05, 3.63) is 0 Å². The zero-order valence-corrected chi connectivity index (χ0v) is 11.8. The predicted octanol–water partition coefficient (Wildman–Crippen LogP) is 2.54. The molecule has 1 amide bonds. The van der Waals surface area contributed by atoms with Gasteiger partial charge >= 0.3 is 0 Å². The molecular weight excluding hydrogens is 224 g/mol. The first-order valence-electron chi connectivity index (χ1n) is 7.59. The number of carbonyl (C=O) groups is 1. The fourth-order valence-electron chi connectivity index (χ4n) is 3.12. The monoisotopic (exact) mass is 252 g/mol. The van der Waals surface area contributed by atoms with E-state index in [9.17, 15) is 4.79 Å². The molecule has 2 N–H and O–H groups in total. The second-order valence-electron chi connectivity index (χ2n) is 6.49. The molecule has 0 atom stereocenters. The molecule has 0 aromatic carbocycles. The molecule has 2 fully saturated rings. The Morgan fingerprint density at radius 2 is 1.94 bits per heavy atom. The third kappa shape index (κ3) is 3.71. The molecule has 0 spiro atoms. The summed E-state index contributed by atoms with van der Waals surface area (Å²) in [4.78, 5) is 14.2. The van der Waals surface area contributed by atoms with Crippen molar-refractivity contribution >= 4 is 5.91 Å². The summed E-state index contributed by atoms with van der Waals surface area (Å²) >= 11 is 0. The van der Waals surface area contributed by atoms with E-state index in [2.05, 4.69) is 0 Å². The van der Waals surface area contributed by atoms with Crippen LogP contribution in [0.5, 0.6) is 0 Å². The van der Waals surface area contributed by atoms with Crippen molar-refractivity contribution in [3.63, 3.8) is 0 Å². The fourth-order valence-corrected chi connectivity index (χ4v) is 3.12. The van der Waals surface area contributed by atoms with Crippen LogP contribution in [-0.4, -0.2) is 30.9 Å². The van der Waals surface area contributed by atoms with Crippen LogP contribution >= 0.6 is 0 Å². The van der Waals surface area contributed by atoms with Gasteiger partial charge in [0.05, 0.1) is 0 Å². The van der Waals surface area contributed by atoms with Crippen LogP contribution in [0, 0.1) is 11.3 Å². The number of hydrogen-bond acceptors (Lipinski definition) is 2. The maximum atomic E-state index is 12.3. The van der Waals surface area contributed by atoms with Crippen molar-refractivity contribution in [3.8, 4) is 0 Å². The number of amides is 1. The van der Waals surface area contributed by atoms with Crippen molar-refractivity contribution in [2.45, 2.75) is 57.8 Å². The summed E-state index contributed by atoms with van der Waals surface area (Å²) in [6.45, 7) is 1.61. The van der Waals surface area contributed by atoms with Crippen molar-refractivity contribution < 1.29 is 4.79 Å². The van der Waals surface area contributed by atoms with Crippen LogP contribution in [0.15, 0.2) is 0 Å². The van der Waals surface area contributed by atoms with Gasteiger partial charge in [-0.05, 0) is 37.1 Å². The van der Waals surface area contributed by atoms with Crippen LogP contribution < -0.4 is 5.73 Å². The zero-order valence-electron chi connectivity index (χ0n) is 11.8.